The number of carbonyl (C=O) groups is 1. The van der Waals surface area contributed by atoms with Crippen LogP contribution in [0.15, 0.2) is 11.9 Å². The number of rotatable bonds is 8. The summed E-state index contributed by atoms with van der Waals surface area (Å²) in [6.45, 7) is 2.05. The van der Waals surface area contributed by atoms with Gasteiger partial charge in [-0.15, -0.1) is 0 Å². The van der Waals surface area contributed by atoms with Crippen LogP contribution >= 0.6 is 0 Å². The molecule has 16 heavy (non-hydrogen) atoms. The van der Waals surface area contributed by atoms with E-state index in [2.05, 4.69) is 5.32 Å². The van der Waals surface area contributed by atoms with Gasteiger partial charge in [-0.2, -0.15) is 0 Å². The molecule has 0 radical (unpaired) electrons. The van der Waals surface area contributed by atoms with Crippen molar-refractivity contribution in [2.75, 3.05) is 13.1 Å². The predicted molar refractivity (Wildman–Crippen MR) is 60.3 cm³/mol. The molecule has 0 aromatic carbocycles. The maximum absolute atomic E-state index is 13.1. The van der Waals surface area contributed by atoms with Gasteiger partial charge in [0.05, 0.1) is 5.83 Å². The smallest absolute Gasteiger partial charge is 0.323 e. The summed E-state index contributed by atoms with van der Waals surface area (Å²) in [5.41, 5.74) is 4.05. The van der Waals surface area contributed by atoms with Crippen LogP contribution in [0.1, 0.15) is 19.8 Å². The van der Waals surface area contributed by atoms with Crippen molar-refractivity contribution in [3.05, 3.63) is 11.9 Å². The summed E-state index contributed by atoms with van der Waals surface area (Å²) in [7, 11) is 0. The number of hydrogen-bond donors (Lipinski definition) is 4. The van der Waals surface area contributed by atoms with Crippen LogP contribution in [-0.4, -0.2) is 35.9 Å². The second kappa shape index (κ2) is 7.08. The zero-order valence-corrected chi connectivity index (χ0v) is 9.29. The van der Waals surface area contributed by atoms with Gasteiger partial charge in [-0.3, -0.25) is 4.79 Å². The van der Waals surface area contributed by atoms with Crippen molar-refractivity contribution in [2.24, 2.45) is 5.73 Å². The first-order valence-electron chi connectivity index (χ1n) is 4.96. The number of carboxylic acid groups (broad SMARTS) is 1. The molecule has 0 aromatic rings. The molecule has 0 aliphatic rings. The Morgan fingerprint density at radius 2 is 2.25 bits per heavy atom. The van der Waals surface area contributed by atoms with Crippen LogP contribution in [0.25, 0.3) is 0 Å². The Kier molecular flexibility index (Phi) is 6.52. The maximum atomic E-state index is 13.1. The topological polar surface area (TPSA) is 99.2 Å². The van der Waals surface area contributed by atoms with Gasteiger partial charge in [0.2, 0.25) is 0 Å². The molecule has 0 spiro atoms. The molecule has 0 saturated carbocycles. The van der Waals surface area contributed by atoms with Crippen molar-refractivity contribution in [1.29, 1.82) is 5.41 Å². The molecule has 5 nitrogen and oxygen atoms in total. The van der Waals surface area contributed by atoms with Gasteiger partial charge in [0.1, 0.15) is 5.54 Å². The molecule has 0 bridgehead atoms. The van der Waals surface area contributed by atoms with Crippen molar-refractivity contribution in [1.82, 2.24) is 5.32 Å². The quantitative estimate of drug-likeness (QED) is 0.364. The minimum absolute atomic E-state index is 0.00553. The van der Waals surface area contributed by atoms with Gasteiger partial charge in [-0.1, -0.05) is 0 Å². The van der Waals surface area contributed by atoms with Crippen molar-refractivity contribution >= 4 is 12.2 Å². The van der Waals surface area contributed by atoms with E-state index in [0.717, 1.165) is 0 Å². The summed E-state index contributed by atoms with van der Waals surface area (Å²) in [6, 6.07) is 0. The van der Waals surface area contributed by atoms with Gasteiger partial charge in [0.15, 0.2) is 0 Å². The lowest BCUT2D eigenvalue weighted by Crippen LogP contribution is -2.44. The molecule has 0 aliphatic carbocycles. The van der Waals surface area contributed by atoms with E-state index in [1.54, 1.807) is 0 Å². The number of carboxylic acids is 1. The van der Waals surface area contributed by atoms with Gasteiger partial charge in [0, 0.05) is 25.7 Å². The van der Waals surface area contributed by atoms with Crippen LogP contribution < -0.4 is 11.1 Å². The Labute approximate surface area is 94.0 Å². The minimum Gasteiger partial charge on any atom is -0.480 e. The Morgan fingerprint density at radius 3 is 2.75 bits per heavy atom. The fourth-order valence-corrected chi connectivity index (χ4v) is 0.926. The average molecular weight is 231 g/mol. The van der Waals surface area contributed by atoms with E-state index in [4.69, 9.17) is 16.2 Å². The second-order valence-electron chi connectivity index (χ2n) is 3.74. The van der Waals surface area contributed by atoms with Gasteiger partial charge >= 0.3 is 5.97 Å². The van der Waals surface area contributed by atoms with Gasteiger partial charge in [-0.05, 0) is 19.4 Å². The molecule has 0 aliphatic heterocycles. The lowest BCUT2D eigenvalue weighted by atomic mass is 9.97. The average Bonchev–Trinajstić information content (AvgIpc) is 2.21. The Hall–Kier alpha value is -1.27. The summed E-state index contributed by atoms with van der Waals surface area (Å²) in [5, 5.41) is 18.2. The van der Waals surface area contributed by atoms with E-state index in [1.165, 1.54) is 19.2 Å². The molecule has 1 atom stereocenters. The zero-order chi connectivity index (χ0) is 12.6. The third kappa shape index (κ3) is 6.26. The number of nitrogens with one attached hydrogen (secondary N) is 2. The Balaban J connectivity index is 3.92. The van der Waals surface area contributed by atoms with Crippen molar-refractivity contribution in [2.45, 2.75) is 25.3 Å². The first-order chi connectivity index (χ1) is 7.40. The summed E-state index contributed by atoms with van der Waals surface area (Å²) in [5.74, 6) is -1.53. The summed E-state index contributed by atoms with van der Waals surface area (Å²) >= 11 is 0. The molecular weight excluding hydrogens is 213 g/mol. The van der Waals surface area contributed by atoms with E-state index < -0.39 is 17.3 Å². The third-order valence-electron chi connectivity index (χ3n) is 2.09. The summed E-state index contributed by atoms with van der Waals surface area (Å²) in [6.07, 6.45) is 2.55. The van der Waals surface area contributed by atoms with Crippen LogP contribution in [0.4, 0.5) is 4.39 Å². The molecule has 6 heteroatoms. The molecule has 0 fully saturated rings. The largest absolute Gasteiger partial charge is 0.480 e. The van der Waals surface area contributed by atoms with Gasteiger partial charge in [0.25, 0.3) is 0 Å². The van der Waals surface area contributed by atoms with Crippen LogP contribution in [0.2, 0.25) is 0 Å². The highest BCUT2D eigenvalue weighted by Crippen LogP contribution is 2.14. The predicted octanol–water partition coefficient (Wildman–Crippen LogP) is 0.661. The van der Waals surface area contributed by atoms with Gasteiger partial charge in [-0.25, -0.2) is 4.39 Å². The second-order valence-corrected chi connectivity index (χ2v) is 3.74. The SMILES string of the molecule is C[C@](N)(CC/C(F)=C/CNCC=N)C(=O)O. The van der Waals surface area contributed by atoms with E-state index >= 15 is 0 Å². The lowest BCUT2D eigenvalue weighted by Gasteiger charge is -2.17. The van der Waals surface area contributed by atoms with E-state index in [-0.39, 0.29) is 12.8 Å². The number of aliphatic carboxylic acids is 1. The third-order valence-corrected chi connectivity index (χ3v) is 2.09. The summed E-state index contributed by atoms with van der Waals surface area (Å²) < 4.78 is 13.1. The first-order valence-corrected chi connectivity index (χ1v) is 4.96. The Morgan fingerprint density at radius 1 is 1.62 bits per heavy atom. The molecule has 0 unspecified atom stereocenters. The van der Waals surface area contributed by atoms with E-state index in [1.807, 2.05) is 0 Å². The van der Waals surface area contributed by atoms with E-state index in [9.17, 15) is 9.18 Å². The van der Waals surface area contributed by atoms with Crippen LogP contribution in [-0.2, 0) is 4.79 Å². The highest BCUT2D eigenvalue weighted by molar-refractivity contribution is 5.77. The summed E-state index contributed by atoms with van der Waals surface area (Å²) in [4.78, 5) is 10.6. The van der Waals surface area contributed by atoms with Crippen LogP contribution in [0.3, 0.4) is 0 Å². The molecule has 0 rings (SSSR count). The monoisotopic (exact) mass is 231 g/mol. The molecule has 0 amide bonds. The number of hydrogen-bond acceptors (Lipinski definition) is 4. The van der Waals surface area contributed by atoms with Crippen LogP contribution in [0, 0.1) is 5.41 Å². The fourth-order valence-electron chi connectivity index (χ4n) is 0.926. The molecule has 0 aromatic heterocycles. The first kappa shape index (κ1) is 14.7. The molecule has 5 N–H and O–H groups in total. The van der Waals surface area contributed by atoms with Crippen molar-refractivity contribution in [3.8, 4) is 0 Å². The maximum Gasteiger partial charge on any atom is 0.323 e. The normalized spacial score (nSPS) is 15.6. The minimum atomic E-state index is -1.40. The number of nitrogens with two attached hydrogens (primary N) is 1. The number of allylic oxidation sites excluding steroid dienone is 1. The standard InChI is InChI=1S/C10H18FN3O2/c1-10(13,9(15)16)4-2-8(11)3-6-14-7-5-12/h3,5,12,14H,2,4,6-7,13H2,1H3,(H,15,16)/b8-3-,12-5?/t10-/m0/s1. The van der Waals surface area contributed by atoms with E-state index in [0.29, 0.717) is 13.1 Å². The zero-order valence-electron chi connectivity index (χ0n) is 9.29. The molecule has 0 heterocycles. The van der Waals surface area contributed by atoms with Crippen LogP contribution in [0.5, 0.6) is 0 Å². The Bertz CT molecular complexity index is 277. The molecular formula is C10H18FN3O2. The highest BCUT2D eigenvalue weighted by Gasteiger charge is 2.27. The number of halogens is 1. The lowest BCUT2D eigenvalue weighted by molar-refractivity contribution is -0.142. The van der Waals surface area contributed by atoms with Crippen molar-refractivity contribution < 1.29 is 14.3 Å². The fraction of sp³-hybridized carbons (Fsp3) is 0.600. The van der Waals surface area contributed by atoms with Crippen molar-refractivity contribution in [3.63, 3.8) is 0 Å². The highest BCUT2D eigenvalue weighted by atomic mass is 19.1. The molecule has 0 saturated heterocycles. The molecule has 92 valence electrons. The van der Waals surface area contributed by atoms with Gasteiger partial charge < -0.3 is 21.6 Å².